The molecule has 0 saturated carbocycles. The highest BCUT2D eigenvalue weighted by Gasteiger charge is 2.48. The molecule has 2 aliphatic heterocycles. The van der Waals surface area contributed by atoms with E-state index in [0.29, 0.717) is 12.1 Å². The number of halogens is 1. The van der Waals surface area contributed by atoms with Gasteiger partial charge in [0.15, 0.2) is 0 Å². The second-order valence-corrected chi connectivity index (χ2v) is 6.77. The number of carbonyl (C=O) groups excluding carboxylic acids is 1. The number of rotatable bonds is 3. The van der Waals surface area contributed by atoms with Crippen molar-refractivity contribution in [2.75, 3.05) is 24.2 Å². The Morgan fingerprint density at radius 3 is 2.54 bits per heavy atom. The lowest BCUT2D eigenvalue weighted by Crippen LogP contribution is -2.32. The van der Waals surface area contributed by atoms with Crippen molar-refractivity contribution in [2.24, 2.45) is 0 Å². The lowest BCUT2D eigenvalue weighted by atomic mass is 10.1. The van der Waals surface area contributed by atoms with Crippen molar-refractivity contribution in [3.63, 3.8) is 0 Å². The third kappa shape index (κ3) is 2.37. The zero-order chi connectivity index (χ0) is 16.7. The largest absolute Gasteiger partial charge is 0.340 e. The molecule has 2 heterocycles. The van der Waals surface area contributed by atoms with Crippen molar-refractivity contribution in [3.05, 3.63) is 59.9 Å². The molecule has 0 aliphatic carbocycles. The summed E-state index contributed by atoms with van der Waals surface area (Å²) < 4.78 is 14.4. The van der Waals surface area contributed by atoms with Crippen LogP contribution in [0.2, 0.25) is 0 Å². The fraction of sp³-hybridized carbons (Fsp3) is 0.278. The molecule has 2 aromatic rings. The monoisotopic (exact) mass is 343 g/mol. The molecule has 4 nitrogen and oxygen atoms in total. The molecule has 2 aliphatic rings. The Hall–Kier alpha value is -2.05. The van der Waals surface area contributed by atoms with Gasteiger partial charge in [-0.2, -0.15) is 5.01 Å². The Labute approximate surface area is 144 Å². The number of fused-ring (bicyclic) bond motifs is 1. The van der Waals surface area contributed by atoms with Crippen LogP contribution in [-0.4, -0.2) is 35.4 Å². The van der Waals surface area contributed by atoms with Crippen molar-refractivity contribution in [3.8, 4) is 0 Å². The van der Waals surface area contributed by atoms with Gasteiger partial charge in [0.05, 0.1) is 0 Å². The van der Waals surface area contributed by atoms with Crippen LogP contribution in [-0.2, 0) is 0 Å². The van der Waals surface area contributed by atoms with Gasteiger partial charge in [-0.3, -0.25) is 9.91 Å². The molecular formula is C18H18FN3OS. The van der Waals surface area contributed by atoms with E-state index in [4.69, 9.17) is 0 Å². The second-order valence-electron chi connectivity index (χ2n) is 5.89. The summed E-state index contributed by atoms with van der Waals surface area (Å²) in [7, 11) is 0. The molecule has 0 radical (unpaired) electrons. The molecular weight excluding hydrogens is 325 g/mol. The molecule has 24 heavy (non-hydrogen) atoms. The van der Waals surface area contributed by atoms with Crippen LogP contribution in [0.5, 0.6) is 0 Å². The summed E-state index contributed by atoms with van der Waals surface area (Å²) in [5, 5.41) is 3.71. The van der Waals surface area contributed by atoms with E-state index in [1.807, 2.05) is 41.6 Å². The number of amides is 2. The number of hydrogen-bond donors (Lipinski definition) is 0. The topological polar surface area (TPSA) is 26.8 Å². The Balaban J connectivity index is 1.80. The summed E-state index contributed by atoms with van der Waals surface area (Å²) in [6.07, 6.45) is 2.50. The lowest BCUT2D eigenvalue weighted by Gasteiger charge is -2.28. The molecule has 0 bridgehead atoms. The fourth-order valence-corrected chi connectivity index (χ4v) is 3.84. The average molecular weight is 343 g/mol. The van der Waals surface area contributed by atoms with Crippen LogP contribution in [0.4, 0.5) is 14.9 Å². The maximum absolute atomic E-state index is 14.4. The smallest absolute Gasteiger partial charge is 0.271 e. The van der Waals surface area contributed by atoms with E-state index in [9.17, 15) is 9.18 Å². The Morgan fingerprint density at radius 2 is 1.83 bits per heavy atom. The van der Waals surface area contributed by atoms with Gasteiger partial charge in [0.1, 0.15) is 12.0 Å². The molecule has 0 spiro atoms. The molecule has 1 atom stereocenters. The minimum absolute atomic E-state index is 0.0855. The van der Waals surface area contributed by atoms with Gasteiger partial charge in [-0.1, -0.05) is 18.2 Å². The van der Waals surface area contributed by atoms with E-state index in [1.165, 1.54) is 6.07 Å². The van der Waals surface area contributed by atoms with Crippen molar-refractivity contribution >= 4 is 23.5 Å². The normalized spacial score (nSPS) is 20.8. The van der Waals surface area contributed by atoms with Crippen molar-refractivity contribution in [1.82, 2.24) is 10.0 Å². The van der Waals surface area contributed by atoms with Gasteiger partial charge >= 0.3 is 6.03 Å². The molecule has 1 unspecified atom stereocenters. The summed E-state index contributed by atoms with van der Waals surface area (Å²) >= 11 is 1.65. The highest BCUT2D eigenvalue weighted by molar-refractivity contribution is 7.98. The van der Waals surface area contributed by atoms with E-state index in [-0.39, 0.29) is 11.8 Å². The number of anilines is 1. The minimum Gasteiger partial charge on any atom is -0.271 e. The number of thioether (sulfide) groups is 1. The zero-order valence-corrected chi connectivity index (χ0v) is 14.2. The number of carbonyl (C=O) groups is 1. The average Bonchev–Trinajstić information content (AvgIpc) is 3.18. The SMILES string of the molecule is CSc1ccc(N2C(=O)N3CCCN3C2c2ccccc2F)cc1. The molecule has 2 amide bonds. The molecule has 0 N–H and O–H groups in total. The number of nitrogens with zero attached hydrogens (tertiary/aromatic N) is 3. The summed E-state index contributed by atoms with van der Waals surface area (Å²) in [5.41, 5.74) is 1.32. The standard InChI is InChI=1S/C18H18FN3OS/c1-24-14-9-7-13(8-10-14)22-17(15-5-2-3-6-16(15)19)20-11-4-12-21(20)18(22)23/h2-3,5-10,17H,4,11-12H2,1H3. The molecule has 6 heteroatoms. The summed E-state index contributed by atoms with van der Waals surface area (Å²) in [4.78, 5) is 15.7. The molecule has 4 rings (SSSR count). The maximum atomic E-state index is 14.4. The Kier molecular flexibility index (Phi) is 3.94. The van der Waals surface area contributed by atoms with Gasteiger partial charge < -0.3 is 0 Å². The molecule has 124 valence electrons. The Morgan fingerprint density at radius 1 is 1.08 bits per heavy atom. The van der Waals surface area contributed by atoms with Crippen molar-refractivity contribution < 1.29 is 9.18 Å². The van der Waals surface area contributed by atoms with E-state index in [2.05, 4.69) is 0 Å². The highest BCUT2D eigenvalue weighted by Crippen LogP contribution is 2.41. The van der Waals surface area contributed by atoms with Crippen LogP contribution in [0.25, 0.3) is 0 Å². The fourth-order valence-electron chi connectivity index (χ4n) is 3.43. The predicted molar refractivity (Wildman–Crippen MR) is 93.3 cm³/mol. The zero-order valence-electron chi connectivity index (χ0n) is 13.4. The van der Waals surface area contributed by atoms with E-state index < -0.39 is 6.17 Å². The predicted octanol–water partition coefficient (Wildman–Crippen LogP) is 4.11. The molecule has 2 aromatic carbocycles. The minimum atomic E-state index is -0.429. The van der Waals surface area contributed by atoms with Gasteiger partial charge in [-0.05, 0) is 43.0 Å². The van der Waals surface area contributed by atoms with E-state index in [1.54, 1.807) is 33.8 Å². The van der Waals surface area contributed by atoms with Gasteiger partial charge in [0.2, 0.25) is 0 Å². The number of benzene rings is 2. The molecule has 0 aromatic heterocycles. The Bertz CT molecular complexity index is 767. The first-order valence-electron chi connectivity index (χ1n) is 7.96. The van der Waals surface area contributed by atoms with Crippen molar-refractivity contribution in [2.45, 2.75) is 17.5 Å². The molecule has 2 saturated heterocycles. The van der Waals surface area contributed by atoms with Crippen LogP contribution < -0.4 is 4.90 Å². The van der Waals surface area contributed by atoms with Crippen LogP contribution in [0.15, 0.2) is 53.4 Å². The number of hydrogen-bond acceptors (Lipinski definition) is 3. The first-order chi connectivity index (χ1) is 11.7. The lowest BCUT2D eigenvalue weighted by molar-refractivity contribution is 0.0714. The summed E-state index contributed by atoms with van der Waals surface area (Å²) in [6.45, 7) is 1.44. The van der Waals surface area contributed by atoms with Crippen molar-refractivity contribution in [1.29, 1.82) is 0 Å². The molecule has 2 fully saturated rings. The van der Waals surface area contributed by atoms with E-state index >= 15 is 0 Å². The number of hydrazine groups is 1. The highest BCUT2D eigenvalue weighted by atomic mass is 32.2. The summed E-state index contributed by atoms with van der Waals surface area (Å²) in [6, 6.07) is 14.5. The van der Waals surface area contributed by atoms with Crippen LogP contribution in [0.1, 0.15) is 18.2 Å². The van der Waals surface area contributed by atoms with Crippen LogP contribution in [0.3, 0.4) is 0 Å². The third-order valence-electron chi connectivity index (χ3n) is 4.55. The first kappa shape index (κ1) is 15.5. The summed E-state index contributed by atoms with van der Waals surface area (Å²) in [5.74, 6) is -0.283. The van der Waals surface area contributed by atoms with Gasteiger partial charge in [-0.15, -0.1) is 11.8 Å². The number of urea groups is 1. The maximum Gasteiger partial charge on any atom is 0.340 e. The van der Waals surface area contributed by atoms with Gasteiger partial charge in [-0.25, -0.2) is 9.18 Å². The first-order valence-corrected chi connectivity index (χ1v) is 9.19. The quantitative estimate of drug-likeness (QED) is 0.785. The second kappa shape index (κ2) is 6.11. The third-order valence-corrected chi connectivity index (χ3v) is 5.30. The van der Waals surface area contributed by atoms with Gasteiger partial charge in [0, 0.05) is 29.2 Å². The van der Waals surface area contributed by atoms with Crippen LogP contribution >= 0.6 is 11.8 Å². The van der Waals surface area contributed by atoms with Crippen LogP contribution in [0, 0.1) is 5.82 Å². The van der Waals surface area contributed by atoms with Gasteiger partial charge in [0.25, 0.3) is 0 Å². The van der Waals surface area contributed by atoms with E-state index in [0.717, 1.165) is 23.5 Å².